The minimum atomic E-state index is -4.48. The zero-order chi connectivity index (χ0) is 14.9. The van der Waals surface area contributed by atoms with Gasteiger partial charge in [0, 0.05) is 5.56 Å². The van der Waals surface area contributed by atoms with E-state index in [0.717, 1.165) is 36.4 Å². The van der Waals surface area contributed by atoms with Crippen LogP contribution in [-0.4, -0.2) is 16.1 Å². The van der Waals surface area contributed by atoms with Gasteiger partial charge in [0.15, 0.2) is 5.69 Å². The highest BCUT2D eigenvalue weighted by atomic mass is 19.4. The normalized spacial score (nSPS) is 11.4. The summed E-state index contributed by atoms with van der Waals surface area (Å²) in [5, 5.41) is 8.93. The molecule has 1 heterocycles. The summed E-state index contributed by atoms with van der Waals surface area (Å²) in [7, 11) is 0. The number of alkyl halides is 3. The van der Waals surface area contributed by atoms with Crippen LogP contribution in [0.4, 0.5) is 17.6 Å². The lowest BCUT2D eigenvalue weighted by Crippen LogP contribution is -2.06. The number of benzene rings is 1. The number of carbonyl (C=O) groups is 1. The second-order valence-corrected chi connectivity index (χ2v) is 3.91. The first-order valence-electron chi connectivity index (χ1n) is 5.36. The molecule has 0 saturated heterocycles. The van der Waals surface area contributed by atoms with Crippen LogP contribution in [0.5, 0.6) is 0 Å². The second kappa shape index (κ2) is 4.92. The van der Waals surface area contributed by atoms with Gasteiger partial charge in [0.25, 0.3) is 0 Å². The predicted molar refractivity (Wildman–Crippen MR) is 61.6 cm³/mol. The molecule has 0 aliphatic carbocycles. The molecular weight excluding hydrogens is 278 g/mol. The van der Waals surface area contributed by atoms with Crippen LogP contribution in [0, 0.1) is 5.95 Å². The van der Waals surface area contributed by atoms with E-state index in [4.69, 9.17) is 5.11 Å². The van der Waals surface area contributed by atoms with Crippen molar-refractivity contribution in [3.8, 4) is 11.1 Å². The highest BCUT2D eigenvalue weighted by molar-refractivity contribution is 5.93. The van der Waals surface area contributed by atoms with E-state index >= 15 is 0 Å². The Balaban J connectivity index is 2.50. The molecule has 0 aliphatic rings. The largest absolute Gasteiger partial charge is 0.476 e. The Kier molecular flexibility index (Phi) is 3.44. The van der Waals surface area contributed by atoms with Crippen molar-refractivity contribution in [1.82, 2.24) is 4.98 Å². The summed E-state index contributed by atoms with van der Waals surface area (Å²) < 4.78 is 50.2. The van der Waals surface area contributed by atoms with Gasteiger partial charge in [-0.05, 0) is 29.8 Å². The molecule has 0 saturated carbocycles. The highest BCUT2D eigenvalue weighted by Crippen LogP contribution is 2.31. The van der Waals surface area contributed by atoms with Crippen molar-refractivity contribution in [3.63, 3.8) is 0 Å². The van der Waals surface area contributed by atoms with Gasteiger partial charge in [-0.3, -0.25) is 0 Å². The third-order valence-corrected chi connectivity index (χ3v) is 2.59. The topological polar surface area (TPSA) is 50.2 Å². The van der Waals surface area contributed by atoms with Gasteiger partial charge in [-0.1, -0.05) is 12.1 Å². The first-order valence-corrected chi connectivity index (χ1v) is 5.36. The predicted octanol–water partition coefficient (Wildman–Crippen LogP) is 3.60. The summed E-state index contributed by atoms with van der Waals surface area (Å²) in [5.74, 6) is -2.43. The summed E-state index contributed by atoms with van der Waals surface area (Å²) in [6, 6.07) is 5.98. The van der Waals surface area contributed by atoms with E-state index < -0.39 is 29.4 Å². The molecule has 7 heteroatoms. The van der Waals surface area contributed by atoms with Crippen LogP contribution in [-0.2, 0) is 6.18 Å². The van der Waals surface area contributed by atoms with Gasteiger partial charge >= 0.3 is 12.1 Å². The van der Waals surface area contributed by atoms with Crippen molar-refractivity contribution >= 4 is 5.97 Å². The standard InChI is InChI=1S/C13H7F4NO2/c14-10-6-5-9(11(18-10)12(19)20)7-1-3-8(4-2-7)13(15,16)17/h1-6H,(H,19,20). The number of hydrogen-bond acceptors (Lipinski definition) is 2. The number of pyridine rings is 1. The van der Waals surface area contributed by atoms with Crippen molar-refractivity contribution in [1.29, 1.82) is 0 Å². The third kappa shape index (κ3) is 2.76. The molecule has 0 aliphatic heterocycles. The zero-order valence-electron chi connectivity index (χ0n) is 9.78. The molecule has 0 radical (unpaired) electrons. The second-order valence-electron chi connectivity index (χ2n) is 3.91. The smallest absolute Gasteiger partial charge is 0.416 e. The minimum Gasteiger partial charge on any atom is -0.476 e. The van der Waals surface area contributed by atoms with Crippen LogP contribution in [0.15, 0.2) is 36.4 Å². The Morgan fingerprint density at radius 3 is 2.15 bits per heavy atom. The van der Waals surface area contributed by atoms with Gasteiger partial charge in [-0.25, -0.2) is 9.78 Å². The number of aromatic nitrogens is 1. The molecule has 0 bridgehead atoms. The molecule has 20 heavy (non-hydrogen) atoms. The van der Waals surface area contributed by atoms with E-state index in [0.29, 0.717) is 0 Å². The van der Waals surface area contributed by atoms with Gasteiger partial charge in [0.05, 0.1) is 5.56 Å². The van der Waals surface area contributed by atoms with Crippen molar-refractivity contribution in [2.24, 2.45) is 0 Å². The first kappa shape index (κ1) is 14.0. The first-order chi connectivity index (χ1) is 9.29. The van der Waals surface area contributed by atoms with Crippen LogP contribution in [0.3, 0.4) is 0 Å². The maximum absolute atomic E-state index is 12.9. The SMILES string of the molecule is O=C(O)c1nc(F)ccc1-c1ccc(C(F)(F)F)cc1. The van der Waals surface area contributed by atoms with E-state index in [1.54, 1.807) is 0 Å². The number of halogens is 4. The van der Waals surface area contributed by atoms with Gasteiger partial charge in [0.2, 0.25) is 5.95 Å². The van der Waals surface area contributed by atoms with Gasteiger partial charge in [-0.2, -0.15) is 17.6 Å². The van der Waals surface area contributed by atoms with Crippen LogP contribution in [0.1, 0.15) is 16.1 Å². The fourth-order valence-electron chi connectivity index (χ4n) is 1.67. The molecule has 0 atom stereocenters. The minimum absolute atomic E-state index is 0.0487. The average molecular weight is 285 g/mol. The average Bonchev–Trinajstić information content (AvgIpc) is 2.37. The van der Waals surface area contributed by atoms with Gasteiger partial charge in [-0.15, -0.1) is 0 Å². The Hall–Kier alpha value is -2.44. The molecule has 3 nitrogen and oxygen atoms in total. The van der Waals surface area contributed by atoms with Gasteiger partial charge < -0.3 is 5.11 Å². The number of carboxylic acid groups (broad SMARTS) is 1. The van der Waals surface area contributed by atoms with E-state index in [1.807, 2.05) is 0 Å². The molecule has 1 aromatic heterocycles. The fourth-order valence-corrected chi connectivity index (χ4v) is 1.67. The van der Waals surface area contributed by atoms with E-state index in [2.05, 4.69) is 4.98 Å². The lowest BCUT2D eigenvalue weighted by Gasteiger charge is -2.09. The Morgan fingerprint density at radius 2 is 1.65 bits per heavy atom. The Bertz CT molecular complexity index is 650. The van der Waals surface area contributed by atoms with Crippen molar-refractivity contribution in [3.05, 3.63) is 53.6 Å². The molecule has 1 aromatic carbocycles. The van der Waals surface area contributed by atoms with Crippen molar-refractivity contribution in [2.75, 3.05) is 0 Å². The van der Waals surface area contributed by atoms with Crippen LogP contribution < -0.4 is 0 Å². The number of nitrogens with zero attached hydrogens (tertiary/aromatic N) is 1. The molecule has 0 spiro atoms. The number of aromatic carboxylic acids is 1. The molecule has 104 valence electrons. The summed E-state index contributed by atoms with van der Waals surface area (Å²) in [6.07, 6.45) is -4.48. The van der Waals surface area contributed by atoms with Crippen molar-refractivity contribution < 1.29 is 27.5 Å². The summed E-state index contributed by atoms with van der Waals surface area (Å²) >= 11 is 0. The number of hydrogen-bond donors (Lipinski definition) is 1. The quantitative estimate of drug-likeness (QED) is 0.677. The molecule has 0 unspecified atom stereocenters. The monoisotopic (exact) mass is 285 g/mol. The number of carboxylic acids is 1. The lowest BCUT2D eigenvalue weighted by molar-refractivity contribution is -0.137. The molecule has 1 N–H and O–H groups in total. The molecule has 2 aromatic rings. The Labute approximate surface area is 110 Å². The van der Waals surface area contributed by atoms with Crippen LogP contribution in [0.2, 0.25) is 0 Å². The maximum Gasteiger partial charge on any atom is 0.416 e. The van der Waals surface area contributed by atoms with E-state index in [9.17, 15) is 22.4 Å². The maximum atomic E-state index is 12.9. The Morgan fingerprint density at radius 1 is 1.05 bits per heavy atom. The summed E-state index contributed by atoms with van der Waals surface area (Å²) in [5.41, 5.74) is -1.14. The summed E-state index contributed by atoms with van der Waals surface area (Å²) in [6.45, 7) is 0. The van der Waals surface area contributed by atoms with Gasteiger partial charge in [0.1, 0.15) is 0 Å². The zero-order valence-corrected chi connectivity index (χ0v) is 9.78. The number of rotatable bonds is 2. The third-order valence-electron chi connectivity index (χ3n) is 2.59. The fraction of sp³-hybridized carbons (Fsp3) is 0.0769. The lowest BCUT2D eigenvalue weighted by atomic mass is 10.0. The van der Waals surface area contributed by atoms with Crippen molar-refractivity contribution in [2.45, 2.75) is 6.18 Å². The van der Waals surface area contributed by atoms with E-state index in [-0.39, 0.29) is 11.1 Å². The van der Waals surface area contributed by atoms with Crippen LogP contribution >= 0.6 is 0 Å². The molecular formula is C13H7F4NO2. The molecule has 0 fully saturated rings. The molecule has 0 amide bonds. The molecule has 2 rings (SSSR count). The van der Waals surface area contributed by atoms with Crippen LogP contribution in [0.25, 0.3) is 11.1 Å². The van der Waals surface area contributed by atoms with E-state index in [1.165, 1.54) is 0 Å². The highest BCUT2D eigenvalue weighted by Gasteiger charge is 2.30. The summed E-state index contributed by atoms with van der Waals surface area (Å²) in [4.78, 5) is 14.2.